The Morgan fingerprint density at radius 2 is 1.88 bits per heavy atom. The van der Waals surface area contributed by atoms with Gasteiger partial charge < -0.3 is 4.74 Å². The van der Waals surface area contributed by atoms with Gasteiger partial charge in [0.05, 0.1) is 7.11 Å². The van der Waals surface area contributed by atoms with E-state index in [1.54, 1.807) is 7.11 Å². The molecule has 0 aliphatic rings. The van der Waals surface area contributed by atoms with Crippen LogP contribution >= 0.6 is 15.9 Å². The highest BCUT2D eigenvalue weighted by atomic mass is 79.9. The van der Waals surface area contributed by atoms with Gasteiger partial charge in [-0.15, -0.1) is 0 Å². The van der Waals surface area contributed by atoms with E-state index in [0.717, 1.165) is 18.1 Å². The van der Waals surface area contributed by atoms with E-state index in [-0.39, 0.29) is 0 Å². The van der Waals surface area contributed by atoms with Crippen molar-refractivity contribution in [2.24, 2.45) is 5.92 Å². The molecule has 0 N–H and O–H groups in total. The molecule has 0 radical (unpaired) electrons. The Balaban J connectivity index is 2.42. The molecule has 1 aromatic rings. The Bertz CT molecular complexity index is 294. The Morgan fingerprint density at radius 3 is 2.38 bits per heavy atom. The smallest absolute Gasteiger partial charge is 0.118 e. The van der Waals surface area contributed by atoms with E-state index in [1.807, 2.05) is 12.1 Å². The van der Waals surface area contributed by atoms with Crippen LogP contribution in [0.15, 0.2) is 24.3 Å². The number of benzene rings is 1. The lowest BCUT2D eigenvalue weighted by Gasteiger charge is -2.16. The standard InChI is InChI=1S/C14H21BrO/c1-4-14(15)11(2)5-6-12-7-9-13(16-3)10-8-12/h7-11,14H,4-6H2,1-3H3. The van der Waals surface area contributed by atoms with Crippen molar-refractivity contribution in [1.29, 1.82) is 0 Å². The van der Waals surface area contributed by atoms with Crippen LogP contribution < -0.4 is 4.74 Å². The highest BCUT2D eigenvalue weighted by Crippen LogP contribution is 2.22. The van der Waals surface area contributed by atoms with E-state index in [2.05, 4.69) is 41.9 Å². The molecule has 0 bridgehead atoms. The molecular formula is C14H21BrO. The summed E-state index contributed by atoms with van der Waals surface area (Å²) in [7, 11) is 1.70. The van der Waals surface area contributed by atoms with Crippen LogP contribution in [0.3, 0.4) is 0 Å². The molecule has 1 aromatic carbocycles. The fourth-order valence-corrected chi connectivity index (χ4v) is 2.03. The molecule has 0 amide bonds. The second-order valence-electron chi connectivity index (χ2n) is 4.29. The zero-order chi connectivity index (χ0) is 12.0. The summed E-state index contributed by atoms with van der Waals surface area (Å²) in [5, 5.41) is 0. The van der Waals surface area contributed by atoms with Gasteiger partial charge in [0.15, 0.2) is 0 Å². The summed E-state index contributed by atoms with van der Waals surface area (Å²) in [4.78, 5) is 0.644. The minimum Gasteiger partial charge on any atom is -0.497 e. The predicted octanol–water partition coefficient (Wildman–Crippen LogP) is 4.44. The maximum Gasteiger partial charge on any atom is 0.118 e. The quantitative estimate of drug-likeness (QED) is 0.702. The van der Waals surface area contributed by atoms with E-state index in [9.17, 15) is 0 Å². The van der Waals surface area contributed by atoms with Crippen LogP contribution in [0.4, 0.5) is 0 Å². The van der Waals surface area contributed by atoms with Gasteiger partial charge in [0.25, 0.3) is 0 Å². The first-order valence-corrected chi connectivity index (χ1v) is 6.86. The second kappa shape index (κ2) is 6.95. The van der Waals surface area contributed by atoms with E-state index in [0.29, 0.717) is 4.83 Å². The number of alkyl halides is 1. The number of aryl methyl sites for hydroxylation is 1. The minimum absolute atomic E-state index is 0.644. The van der Waals surface area contributed by atoms with Crippen molar-refractivity contribution in [3.63, 3.8) is 0 Å². The zero-order valence-electron chi connectivity index (χ0n) is 10.4. The fourth-order valence-electron chi connectivity index (χ4n) is 1.77. The van der Waals surface area contributed by atoms with Gasteiger partial charge in [0.1, 0.15) is 5.75 Å². The fraction of sp³-hybridized carbons (Fsp3) is 0.571. The van der Waals surface area contributed by atoms with Gasteiger partial charge in [0, 0.05) is 4.83 Å². The molecule has 0 saturated carbocycles. The molecule has 1 rings (SSSR count). The van der Waals surface area contributed by atoms with Crippen molar-refractivity contribution < 1.29 is 4.74 Å². The molecule has 2 atom stereocenters. The normalized spacial score (nSPS) is 14.5. The number of hydrogen-bond acceptors (Lipinski definition) is 1. The van der Waals surface area contributed by atoms with Crippen LogP contribution in [0.5, 0.6) is 5.75 Å². The van der Waals surface area contributed by atoms with Crippen LogP contribution in [0, 0.1) is 5.92 Å². The van der Waals surface area contributed by atoms with Crippen molar-refractivity contribution in [3.8, 4) is 5.75 Å². The molecule has 0 spiro atoms. The number of rotatable bonds is 6. The third-order valence-corrected chi connectivity index (χ3v) is 4.60. The molecule has 2 heteroatoms. The van der Waals surface area contributed by atoms with Gasteiger partial charge in [-0.25, -0.2) is 0 Å². The summed E-state index contributed by atoms with van der Waals surface area (Å²) in [5.41, 5.74) is 1.39. The SMILES string of the molecule is CCC(Br)C(C)CCc1ccc(OC)cc1. The first-order chi connectivity index (χ1) is 7.67. The maximum absolute atomic E-state index is 5.14. The summed E-state index contributed by atoms with van der Waals surface area (Å²) in [5.74, 6) is 1.66. The van der Waals surface area contributed by atoms with Gasteiger partial charge in [-0.3, -0.25) is 0 Å². The van der Waals surface area contributed by atoms with Crippen molar-refractivity contribution in [1.82, 2.24) is 0 Å². The molecule has 0 heterocycles. The van der Waals surface area contributed by atoms with Crippen LogP contribution in [0.2, 0.25) is 0 Å². The zero-order valence-corrected chi connectivity index (χ0v) is 12.0. The Labute approximate surface area is 107 Å². The van der Waals surface area contributed by atoms with Crippen molar-refractivity contribution in [2.75, 3.05) is 7.11 Å². The Morgan fingerprint density at radius 1 is 1.25 bits per heavy atom. The molecule has 2 unspecified atom stereocenters. The topological polar surface area (TPSA) is 9.23 Å². The Hall–Kier alpha value is -0.500. The minimum atomic E-state index is 0.644. The predicted molar refractivity (Wildman–Crippen MR) is 73.5 cm³/mol. The number of methoxy groups -OCH3 is 1. The molecule has 0 saturated heterocycles. The van der Waals surface area contributed by atoms with Gasteiger partial charge in [-0.2, -0.15) is 0 Å². The first kappa shape index (κ1) is 13.6. The molecule has 16 heavy (non-hydrogen) atoms. The third kappa shape index (κ3) is 4.17. The van der Waals surface area contributed by atoms with Crippen LogP contribution in [-0.2, 0) is 6.42 Å². The Kier molecular flexibility index (Phi) is 5.89. The second-order valence-corrected chi connectivity index (χ2v) is 5.46. The van der Waals surface area contributed by atoms with E-state index in [1.165, 1.54) is 18.4 Å². The molecule has 0 fully saturated rings. The molecular weight excluding hydrogens is 264 g/mol. The van der Waals surface area contributed by atoms with Crippen molar-refractivity contribution >= 4 is 15.9 Å². The lowest BCUT2D eigenvalue weighted by Crippen LogP contribution is -2.10. The van der Waals surface area contributed by atoms with Crippen LogP contribution in [0.25, 0.3) is 0 Å². The van der Waals surface area contributed by atoms with Crippen LogP contribution in [0.1, 0.15) is 32.3 Å². The highest BCUT2D eigenvalue weighted by Gasteiger charge is 2.11. The third-order valence-electron chi connectivity index (χ3n) is 3.05. The highest BCUT2D eigenvalue weighted by molar-refractivity contribution is 9.09. The summed E-state index contributed by atoms with van der Waals surface area (Å²) in [6.45, 7) is 4.54. The van der Waals surface area contributed by atoms with Gasteiger partial charge >= 0.3 is 0 Å². The van der Waals surface area contributed by atoms with E-state index >= 15 is 0 Å². The average molecular weight is 285 g/mol. The first-order valence-electron chi connectivity index (χ1n) is 5.94. The molecule has 0 aliphatic carbocycles. The van der Waals surface area contributed by atoms with Crippen molar-refractivity contribution in [2.45, 2.75) is 37.9 Å². The van der Waals surface area contributed by atoms with Crippen molar-refractivity contribution in [3.05, 3.63) is 29.8 Å². The monoisotopic (exact) mass is 284 g/mol. The lowest BCUT2D eigenvalue weighted by atomic mass is 9.97. The summed E-state index contributed by atoms with van der Waals surface area (Å²) in [6, 6.07) is 8.37. The van der Waals surface area contributed by atoms with E-state index in [4.69, 9.17) is 4.74 Å². The number of ether oxygens (including phenoxy) is 1. The molecule has 0 aromatic heterocycles. The summed E-state index contributed by atoms with van der Waals surface area (Å²) >= 11 is 3.72. The van der Waals surface area contributed by atoms with Gasteiger partial charge in [-0.1, -0.05) is 41.9 Å². The molecule has 0 aliphatic heterocycles. The molecule has 90 valence electrons. The largest absolute Gasteiger partial charge is 0.497 e. The summed E-state index contributed by atoms with van der Waals surface area (Å²) < 4.78 is 5.14. The van der Waals surface area contributed by atoms with E-state index < -0.39 is 0 Å². The van der Waals surface area contributed by atoms with Gasteiger partial charge in [-0.05, 0) is 42.9 Å². The van der Waals surface area contributed by atoms with Gasteiger partial charge in [0.2, 0.25) is 0 Å². The van der Waals surface area contributed by atoms with Crippen LogP contribution in [-0.4, -0.2) is 11.9 Å². The average Bonchev–Trinajstić information content (AvgIpc) is 2.35. The number of halogens is 1. The maximum atomic E-state index is 5.14. The summed E-state index contributed by atoms with van der Waals surface area (Å²) in [6.07, 6.45) is 3.58. The number of hydrogen-bond donors (Lipinski definition) is 0. The lowest BCUT2D eigenvalue weighted by molar-refractivity contribution is 0.414. The molecule has 1 nitrogen and oxygen atoms in total.